The Hall–Kier alpha value is -1.43. The van der Waals surface area contributed by atoms with E-state index in [2.05, 4.69) is 52.0 Å². The van der Waals surface area contributed by atoms with Gasteiger partial charge >= 0.3 is 0 Å². The third kappa shape index (κ3) is 4.05. The number of aromatic hydroxyl groups is 2. The van der Waals surface area contributed by atoms with Crippen LogP contribution >= 0.6 is 0 Å². The highest BCUT2D eigenvalue weighted by Gasteiger charge is 2.35. The van der Waals surface area contributed by atoms with Crippen molar-refractivity contribution in [1.29, 1.82) is 0 Å². The third-order valence-electron chi connectivity index (χ3n) is 5.43. The monoisotopic (exact) mass is 354 g/mol. The lowest BCUT2D eigenvalue weighted by molar-refractivity contribution is 0.466. The molecule has 0 radical (unpaired) electrons. The van der Waals surface area contributed by atoms with Crippen LogP contribution in [-0.4, -0.2) is 25.4 Å². The zero-order valence-corrected chi connectivity index (χ0v) is 18.3. The Morgan fingerprint density at radius 2 is 0.840 bits per heavy atom. The van der Waals surface area contributed by atoms with Gasteiger partial charge in [0.05, 0.1) is 0 Å². The van der Waals surface area contributed by atoms with Gasteiger partial charge in [-0.05, 0) is 49.9 Å². The van der Waals surface area contributed by atoms with E-state index < -0.39 is 15.2 Å². The van der Waals surface area contributed by atoms with Crippen LogP contribution in [0, 0.1) is 27.7 Å². The van der Waals surface area contributed by atoms with Gasteiger partial charge < -0.3 is 10.2 Å². The maximum atomic E-state index is 10.1. The van der Waals surface area contributed by atoms with E-state index in [0.717, 1.165) is 22.3 Å². The molecule has 0 saturated carbocycles. The predicted octanol–water partition coefficient (Wildman–Crippen LogP) is 4.94. The van der Waals surface area contributed by atoms with Crippen molar-refractivity contribution in [3.63, 3.8) is 0 Å². The zero-order valence-electron chi connectivity index (χ0n) is 16.9. The molecule has 0 bridgehead atoms. The van der Waals surface area contributed by atoms with Crippen LogP contribution in [0.4, 0.5) is 0 Å². The van der Waals surface area contributed by atoms with Gasteiger partial charge in [-0.25, -0.2) is 0 Å². The van der Waals surface area contributed by atoms with Crippen molar-refractivity contribution in [2.45, 2.75) is 63.9 Å². The van der Waals surface area contributed by atoms with Gasteiger partial charge in [0.15, 0.2) is 0 Å². The molecule has 0 unspecified atom stereocenters. The summed E-state index contributed by atoms with van der Waals surface area (Å²) in [6, 6.07) is 8.55. The maximum absolute atomic E-state index is 10.1. The second-order valence-electron chi connectivity index (χ2n) is 8.86. The summed E-state index contributed by atoms with van der Waals surface area (Å²) in [5.41, 5.74) is 6.43. The van der Waals surface area contributed by atoms with E-state index in [1.165, 1.54) is 11.1 Å². The number of hydrogen-bond donors (Lipinski definition) is 2. The molecule has 0 aliphatic heterocycles. The lowest BCUT2D eigenvalue weighted by atomic mass is 9.95. The molecule has 0 aromatic heterocycles. The van der Waals surface area contributed by atoms with Crippen molar-refractivity contribution >= 4 is 15.2 Å². The molecule has 0 aliphatic carbocycles. The summed E-state index contributed by atoms with van der Waals surface area (Å²) in [7, 11) is 0. The summed E-state index contributed by atoms with van der Waals surface area (Å²) in [6.07, 6.45) is 0. The number of phenols is 2. The van der Waals surface area contributed by atoms with Crippen molar-refractivity contribution in [3.05, 3.63) is 57.6 Å². The lowest BCUT2D eigenvalue weighted by Crippen LogP contribution is -2.40. The smallest absolute Gasteiger partial charge is 0.265 e. The summed E-state index contributed by atoms with van der Waals surface area (Å²) in [6.45, 7) is 17.2. The molecule has 2 N–H and O–H groups in total. The van der Waals surface area contributed by atoms with Crippen molar-refractivity contribution in [3.8, 4) is 11.5 Å². The van der Waals surface area contributed by atoms with Crippen molar-refractivity contribution in [1.82, 2.24) is 0 Å². The molecule has 0 atom stereocenters. The first-order valence-electron chi connectivity index (χ1n) is 8.96. The summed E-state index contributed by atoms with van der Waals surface area (Å²) in [4.78, 5) is 0. The number of hydrogen-bond acceptors (Lipinski definition) is 2. The van der Waals surface area contributed by atoms with E-state index in [9.17, 15) is 10.2 Å². The fourth-order valence-corrected chi connectivity index (χ4v) is 7.03. The molecule has 0 spiro atoms. The van der Waals surface area contributed by atoms with Crippen molar-refractivity contribution in [2.75, 3.05) is 0 Å². The van der Waals surface area contributed by atoms with Gasteiger partial charge in [-0.2, -0.15) is 0 Å². The normalized spacial score (nSPS) is 12.3. The van der Waals surface area contributed by atoms with E-state index in [4.69, 9.17) is 0 Å². The molecule has 0 fully saturated rings. The number of benzene rings is 2. The third-order valence-corrected chi connectivity index (χ3v) is 8.01. The average Bonchev–Trinajstić information content (AvgIpc) is 2.48. The lowest BCUT2D eigenvalue weighted by Gasteiger charge is -2.35. The van der Waals surface area contributed by atoms with E-state index >= 15 is 0 Å². The topological polar surface area (TPSA) is 40.5 Å². The molecular weight excluding hydrogens is 323 g/mol. The molecule has 0 heterocycles. The van der Waals surface area contributed by atoms with Gasteiger partial charge in [-0.3, -0.25) is 0 Å². The Labute approximate surface area is 158 Å². The molecule has 2 aromatic carbocycles. The fourth-order valence-electron chi connectivity index (χ4n) is 4.00. The first kappa shape index (κ1) is 19.9. The van der Waals surface area contributed by atoms with Crippen LogP contribution in [0.3, 0.4) is 0 Å². The van der Waals surface area contributed by atoms with Crippen LogP contribution in [0.2, 0.25) is 0 Å². The second-order valence-corrected chi connectivity index (χ2v) is 12.8. The Morgan fingerprint density at radius 1 is 0.600 bits per heavy atom. The van der Waals surface area contributed by atoms with Crippen LogP contribution in [0.5, 0.6) is 11.5 Å². The molecule has 2 rings (SSSR count). The molecule has 0 amide bonds. The van der Waals surface area contributed by atoms with Crippen LogP contribution in [0.15, 0.2) is 24.3 Å². The van der Waals surface area contributed by atoms with Gasteiger partial charge in [0.2, 0.25) is 0 Å². The molecule has 2 aromatic rings. The van der Waals surface area contributed by atoms with E-state index in [0.29, 0.717) is 11.5 Å². The summed E-state index contributed by atoms with van der Waals surface area (Å²) >= 11 is -0.581. The van der Waals surface area contributed by atoms with Crippen molar-refractivity contribution < 1.29 is 10.2 Å². The Bertz CT molecular complexity index is 690. The first-order chi connectivity index (χ1) is 11.3. The molecule has 0 saturated heterocycles. The van der Waals surface area contributed by atoms with E-state index in [-0.39, 0.29) is 8.55 Å². The fraction of sp³-hybridized carbons (Fsp3) is 0.455. The molecule has 2 nitrogen and oxygen atoms in total. The molecule has 0 aliphatic rings. The second kappa shape index (κ2) is 6.71. The highest BCUT2D eigenvalue weighted by molar-refractivity contribution is 6.44. The van der Waals surface area contributed by atoms with Crippen LogP contribution < -0.4 is 0 Å². The van der Waals surface area contributed by atoms with Gasteiger partial charge in [-0.15, -0.1) is 0 Å². The maximum Gasteiger partial charge on any atom is 0.265 e. The molecule has 25 heavy (non-hydrogen) atoms. The minimum absolute atomic E-state index is 0.104. The zero-order chi connectivity index (χ0) is 19.2. The van der Waals surface area contributed by atoms with Gasteiger partial charge in [-0.1, -0.05) is 71.6 Å². The quantitative estimate of drug-likeness (QED) is 0.764. The van der Waals surface area contributed by atoms with Crippen LogP contribution in [-0.2, 0) is 8.55 Å². The highest BCUT2D eigenvalue weighted by Crippen LogP contribution is 2.36. The highest BCUT2D eigenvalue weighted by atomic mass is 27.1. The molecular formula is C22H31AlO2. The largest absolute Gasteiger partial charge is 0.507 e. The minimum Gasteiger partial charge on any atom is -0.507 e. The average molecular weight is 354 g/mol. The van der Waals surface area contributed by atoms with Gasteiger partial charge in [0.25, 0.3) is 15.2 Å². The van der Waals surface area contributed by atoms with Gasteiger partial charge in [0.1, 0.15) is 11.5 Å². The van der Waals surface area contributed by atoms with Gasteiger partial charge in [0, 0.05) is 0 Å². The number of phenolic OH excluding ortho intramolecular Hbond substituents is 2. The van der Waals surface area contributed by atoms with Crippen molar-refractivity contribution in [2.24, 2.45) is 0 Å². The van der Waals surface area contributed by atoms with E-state index in [1.54, 1.807) is 0 Å². The first-order valence-corrected chi connectivity index (χ1v) is 10.4. The summed E-state index contributed by atoms with van der Waals surface area (Å²) < 4.78 is 0.207. The van der Waals surface area contributed by atoms with E-state index in [1.807, 2.05) is 27.7 Å². The van der Waals surface area contributed by atoms with Crippen LogP contribution in [0.1, 0.15) is 61.1 Å². The minimum atomic E-state index is -0.581. The number of rotatable bonds is 4. The Balaban J connectivity index is 2.42. The standard InChI is InChI=1S/2C11H15O.Al.H/c2*1-7(2)10-5-8(3)11(12)9(4)6-10;;/h2*5-6,12H,1-4H3;;. The molecule has 3 heteroatoms. The SMILES string of the molecule is Cc1cc([C](C)(C)[AlH][C](C)(C)c2cc(C)c(O)c(C)c2)cc(C)c1O. The predicted molar refractivity (Wildman–Crippen MR) is 108 cm³/mol. The summed E-state index contributed by atoms with van der Waals surface area (Å²) in [5, 5.41) is 20.2. The Morgan fingerprint density at radius 3 is 1.08 bits per heavy atom. The molecule has 134 valence electrons. The summed E-state index contributed by atoms with van der Waals surface area (Å²) in [5.74, 6) is 0.815. The van der Waals surface area contributed by atoms with Crippen LogP contribution in [0.25, 0.3) is 0 Å². The number of aryl methyl sites for hydroxylation is 4. The Kier molecular flexibility index (Phi) is 5.34.